The van der Waals surface area contributed by atoms with E-state index in [0.29, 0.717) is 17.9 Å². The van der Waals surface area contributed by atoms with Crippen LogP contribution >= 0.6 is 31.9 Å². The van der Waals surface area contributed by atoms with Crippen LogP contribution in [0.5, 0.6) is 5.75 Å². The van der Waals surface area contributed by atoms with Crippen molar-refractivity contribution >= 4 is 55.3 Å². The highest BCUT2D eigenvalue weighted by Gasteiger charge is 2.66. The van der Waals surface area contributed by atoms with Crippen LogP contribution < -0.4 is 9.64 Å². The van der Waals surface area contributed by atoms with Crippen molar-refractivity contribution in [3.8, 4) is 5.75 Å². The highest BCUT2D eigenvalue weighted by Crippen LogP contribution is 2.60. The van der Waals surface area contributed by atoms with Crippen molar-refractivity contribution in [1.29, 1.82) is 0 Å². The van der Waals surface area contributed by atoms with Crippen LogP contribution in [0.3, 0.4) is 0 Å². The van der Waals surface area contributed by atoms with Gasteiger partial charge in [0.15, 0.2) is 0 Å². The van der Waals surface area contributed by atoms with E-state index in [1.807, 2.05) is 0 Å². The van der Waals surface area contributed by atoms with E-state index < -0.39 is 0 Å². The number of hydrogen-bond acceptors (Lipinski definition) is 4. The number of carbonyl (C=O) groups is 3. The number of hydrogen-bond donors (Lipinski definition) is 0. The number of benzene rings is 1. The number of fused-ring (bicyclic) bond motifs is 5. The Morgan fingerprint density at radius 3 is 2.30 bits per heavy atom. The molecule has 30 heavy (non-hydrogen) atoms. The lowest BCUT2D eigenvalue weighted by atomic mass is 9.81. The first kappa shape index (κ1) is 22.0. The number of rotatable bonds is 8. The molecule has 3 aliphatic rings. The smallest absolute Gasteiger partial charge is 0.311 e. The Kier molecular flexibility index (Phi) is 6.68. The molecule has 0 unspecified atom stereocenters. The summed E-state index contributed by atoms with van der Waals surface area (Å²) in [6.45, 7) is 2.16. The Hall–Kier alpha value is -1.21. The second-order valence-electron chi connectivity index (χ2n) is 8.65. The minimum atomic E-state index is -0.276. The molecule has 1 aromatic carbocycles. The van der Waals surface area contributed by atoms with Crippen LogP contribution in [0, 0.1) is 23.7 Å². The minimum Gasteiger partial charge on any atom is -0.426 e. The Morgan fingerprint density at radius 1 is 1.03 bits per heavy atom. The van der Waals surface area contributed by atoms with E-state index >= 15 is 0 Å². The van der Waals surface area contributed by atoms with Crippen molar-refractivity contribution < 1.29 is 19.1 Å². The summed E-state index contributed by atoms with van der Waals surface area (Å²) in [6.07, 6.45) is 6.60. The van der Waals surface area contributed by atoms with Gasteiger partial charge in [-0.25, -0.2) is 4.90 Å². The van der Waals surface area contributed by atoms with E-state index in [1.165, 1.54) is 17.7 Å². The van der Waals surface area contributed by atoms with Gasteiger partial charge in [0.05, 0.1) is 17.5 Å². The van der Waals surface area contributed by atoms with Gasteiger partial charge in [0.2, 0.25) is 11.8 Å². The maximum atomic E-state index is 13.2. The summed E-state index contributed by atoms with van der Waals surface area (Å²) < 4.78 is 5.47. The van der Waals surface area contributed by atoms with Gasteiger partial charge in [-0.2, -0.15) is 0 Å². The SMILES string of the molecule is CCCCCCCC(=O)Oc1cccc(N2C(=O)[C@@H]3[C@H]4C[C@@H]([C@H](Br)[C@H]4Br)[C@@H]3C2=O)c1. The molecule has 0 aromatic heterocycles. The summed E-state index contributed by atoms with van der Waals surface area (Å²) in [4.78, 5) is 40.2. The maximum Gasteiger partial charge on any atom is 0.311 e. The zero-order valence-corrected chi connectivity index (χ0v) is 20.2. The van der Waals surface area contributed by atoms with Crippen LogP contribution in [0.2, 0.25) is 0 Å². The molecule has 162 valence electrons. The van der Waals surface area contributed by atoms with Gasteiger partial charge in [0, 0.05) is 22.1 Å². The number of carbonyl (C=O) groups excluding carboxylic acids is 3. The molecule has 0 spiro atoms. The maximum absolute atomic E-state index is 13.2. The molecule has 0 N–H and O–H groups in total. The third-order valence-corrected chi connectivity index (χ3v) is 9.99. The molecule has 1 aromatic rings. The predicted molar refractivity (Wildman–Crippen MR) is 122 cm³/mol. The molecule has 4 rings (SSSR count). The second-order valence-corrected chi connectivity index (χ2v) is 10.8. The van der Waals surface area contributed by atoms with Crippen LogP contribution in [-0.2, 0) is 14.4 Å². The summed E-state index contributed by atoms with van der Waals surface area (Å²) in [7, 11) is 0. The van der Waals surface area contributed by atoms with Crippen molar-refractivity contribution in [3.05, 3.63) is 24.3 Å². The summed E-state index contributed by atoms with van der Waals surface area (Å²) in [5, 5.41) is 0. The zero-order valence-electron chi connectivity index (χ0n) is 17.1. The first-order chi connectivity index (χ1) is 14.4. The second kappa shape index (κ2) is 9.11. The lowest BCUT2D eigenvalue weighted by Crippen LogP contribution is -2.37. The number of amides is 2. The number of imide groups is 1. The Balaban J connectivity index is 1.43. The molecule has 1 aliphatic heterocycles. The van der Waals surface area contributed by atoms with Crippen LogP contribution in [0.15, 0.2) is 24.3 Å². The highest BCUT2D eigenvalue weighted by molar-refractivity contribution is 9.12. The molecular weight excluding hydrogens is 514 g/mol. The molecular formula is C23H27Br2NO4. The third kappa shape index (κ3) is 3.88. The van der Waals surface area contributed by atoms with Crippen molar-refractivity contribution in [2.45, 2.75) is 61.5 Å². The summed E-state index contributed by atoms with van der Waals surface area (Å²) >= 11 is 7.41. The van der Waals surface area contributed by atoms with E-state index in [1.54, 1.807) is 24.3 Å². The first-order valence-electron chi connectivity index (χ1n) is 10.9. The van der Waals surface area contributed by atoms with E-state index in [9.17, 15) is 14.4 Å². The number of anilines is 1. The Labute approximate surface area is 194 Å². The van der Waals surface area contributed by atoms with Crippen LogP contribution in [0.1, 0.15) is 51.9 Å². The number of ether oxygens (including phenoxy) is 1. The normalized spacial score (nSPS) is 32.0. The number of unbranched alkanes of at least 4 members (excludes halogenated alkanes) is 4. The lowest BCUT2D eigenvalue weighted by molar-refractivity contribution is -0.134. The zero-order chi connectivity index (χ0) is 21.4. The number of alkyl halides is 2. The largest absolute Gasteiger partial charge is 0.426 e. The molecule has 2 amide bonds. The van der Waals surface area contributed by atoms with Crippen molar-refractivity contribution in [2.75, 3.05) is 4.90 Å². The summed E-state index contributed by atoms with van der Waals surface area (Å²) in [6, 6.07) is 6.78. The first-order valence-corrected chi connectivity index (χ1v) is 12.7. The number of halogens is 2. The lowest BCUT2D eigenvalue weighted by Gasteiger charge is -2.28. The van der Waals surface area contributed by atoms with Crippen LogP contribution in [0.4, 0.5) is 5.69 Å². The third-order valence-electron chi connectivity index (χ3n) is 6.78. The van der Waals surface area contributed by atoms with Gasteiger partial charge in [-0.3, -0.25) is 14.4 Å². The van der Waals surface area contributed by atoms with Crippen molar-refractivity contribution in [3.63, 3.8) is 0 Å². The minimum absolute atomic E-state index is 0.124. The average Bonchev–Trinajstić information content (AvgIpc) is 3.33. The van der Waals surface area contributed by atoms with Gasteiger partial charge in [0.25, 0.3) is 0 Å². The molecule has 2 aliphatic carbocycles. The fourth-order valence-electron chi connectivity index (χ4n) is 5.34. The quantitative estimate of drug-likeness (QED) is 0.149. The van der Waals surface area contributed by atoms with Crippen LogP contribution in [-0.4, -0.2) is 27.4 Å². The van der Waals surface area contributed by atoms with Gasteiger partial charge >= 0.3 is 5.97 Å². The van der Waals surface area contributed by atoms with Gasteiger partial charge in [-0.1, -0.05) is 70.5 Å². The topological polar surface area (TPSA) is 63.7 Å². The molecule has 3 fully saturated rings. The summed E-state index contributed by atoms with van der Waals surface area (Å²) in [5.74, 6) is -0.295. The highest BCUT2D eigenvalue weighted by atomic mass is 79.9. The number of esters is 1. The molecule has 2 bridgehead atoms. The van der Waals surface area contributed by atoms with E-state index in [4.69, 9.17) is 4.74 Å². The Bertz CT molecular complexity index is 812. The number of nitrogens with zero attached hydrogens (tertiary/aromatic N) is 1. The molecule has 0 radical (unpaired) electrons. The van der Waals surface area contributed by atoms with Crippen molar-refractivity contribution in [2.24, 2.45) is 23.7 Å². The fourth-order valence-corrected chi connectivity index (χ4v) is 7.22. The summed E-state index contributed by atoms with van der Waals surface area (Å²) in [5.41, 5.74) is 0.490. The van der Waals surface area contributed by atoms with Gasteiger partial charge in [0.1, 0.15) is 5.75 Å². The van der Waals surface area contributed by atoms with Gasteiger partial charge < -0.3 is 4.74 Å². The van der Waals surface area contributed by atoms with Gasteiger partial charge in [-0.15, -0.1) is 0 Å². The van der Waals surface area contributed by atoms with E-state index in [0.717, 1.165) is 25.7 Å². The van der Waals surface area contributed by atoms with E-state index in [2.05, 4.69) is 38.8 Å². The standard InChI is InChI=1S/C23H27Br2NO4/c1-2-3-4-5-6-10-17(27)30-14-9-7-8-13(11-14)26-22(28)18-15-12-16(19(18)23(26)29)21(25)20(15)24/h7-9,11,15-16,18-21H,2-6,10,12H2,1H3/t15-,16-,18-,19+,20+,21+/m1/s1. The monoisotopic (exact) mass is 539 g/mol. The molecule has 1 saturated heterocycles. The van der Waals surface area contributed by atoms with Crippen molar-refractivity contribution in [1.82, 2.24) is 0 Å². The molecule has 6 atom stereocenters. The molecule has 2 saturated carbocycles. The predicted octanol–water partition coefficient (Wildman–Crippen LogP) is 5.23. The fraction of sp³-hybridized carbons (Fsp3) is 0.609. The Morgan fingerprint density at radius 2 is 1.67 bits per heavy atom. The van der Waals surface area contributed by atoms with Gasteiger partial charge in [-0.05, 0) is 36.8 Å². The molecule has 1 heterocycles. The average molecular weight is 541 g/mol. The molecule has 5 nitrogen and oxygen atoms in total. The van der Waals surface area contributed by atoms with Crippen LogP contribution in [0.25, 0.3) is 0 Å². The molecule has 7 heteroatoms. The van der Waals surface area contributed by atoms with E-state index in [-0.39, 0.29) is 51.1 Å².